The quantitative estimate of drug-likeness (QED) is 0.712. The fourth-order valence-electron chi connectivity index (χ4n) is 3.91. The molecule has 2 aromatic rings. The molecule has 0 spiro atoms. The van der Waals surface area contributed by atoms with Gasteiger partial charge in [0.25, 0.3) is 0 Å². The first kappa shape index (κ1) is 22.4. The van der Waals surface area contributed by atoms with Crippen molar-refractivity contribution in [3.05, 3.63) is 59.7 Å². The van der Waals surface area contributed by atoms with Crippen molar-refractivity contribution in [1.29, 1.82) is 0 Å². The molecule has 1 atom stereocenters. The number of hydrogen-bond acceptors (Lipinski definition) is 5. The van der Waals surface area contributed by atoms with Crippen LogP contribution >= 0.6 is 0 Å². The molecule has 4 rings (SSSR count). The first-order valence-electron chi connectivity index (χ1n) is 10.7. The smallest absolute Gasteiger partial charge is 0.243 e. The van der Waals surface area contributed by atoms with Gasteiger partial charge in [-0.05, 0) is 36.8 Å². The first-order chi connectivity index (χ1) is 15.3. The maximum atomic E-state index is 12.7. The zero-order chi connectivity index (χ0) is 22.7. The topological polar surface area (TPSA) is 96.0 Å². The minimum Gasteiger partial charge on any atom is -0.379 e. The van der Waals surface area contributed by atoms with Gasteiger partial charge in [0.1, 0.15) is 0 Å². The molecule has 32 heavy (non-hydrogen) atoms. The monoisotopic (exact) mass is 457 g/mol. The van der Waals surface area contributed by atoms with Crippen molar-refractivity contribution < 1.29 is 22.7 Å². The summed E-state index contributed by atoms with van der Waals surface area (Å²) in [6.07, 6.45) is 0.177. The largest absolute Gasteiger partial charge is 0.379 e. The molecule has 1 N–H and O–H groups in total. The van der Waals surface area contributed by atoms with Crippen molar-refractivity contribution in [2.75, 3.05) is 37.7 Å². The van der Waals surface area contributed by atoms with Gasteiger partial charge in [-0.25, -0.2) is 8.42 Å². The highest BCUT2D eigenvalue weighted by Crippen LogP contribution is 2.25. The van der Waals surface area contributed by atoms with Crippen LogP contribution in [0.3, 0.4) is 0 Å². The number of morpholine rings is 1. The molecule has 9 heteroatoms. The van der Waals surface area contributed by atoms with Crippen LogP contribution in [0.25, 0.3) is 0 Å². The van der Waals surface area contributed by atoms with Crippen LogP contribution in [0, 0.1) is 12.8 Å². The summed E-state index contributed by atoms with van der Waals surface area (Å²) in [6.45, 7) is 4.09. The number of nitrogens with zero attached hydrogens (tertiary/aromatic N) is 2. The molecule has 2 aromatic carbocycles. The maximum Gasteiger partial charge on any atom is 0.243 e. The second kappa shape index (κ2) is 9.40. The van der Waals surface area contributed by atoms with Crippen LogP contribution in [0.1, 0.15) is 17.5 Å². The van der Waals surface area contributed by atoms with E-state index in [4.69, 9.17) is 4.74 Å². The lowest BCUT2D eigenvalue weighted by molar-refractivity contribution is -0.126. The molecule has 2 amide bonds. The lowest BCUT2D eigenvalue weighted by Crippen LogP contribution is -2.40. The van der Waals surface area contributed by atoms with E-state index in [0.29, 0.717) is 32.8 Å². The Morgan fingerprint density at radius 2 is 1.72 bits per heavy atom. The Morgan fingerprint density at radius 1 is 1.06 bits per heavy atom. The van der Waals surface area contributed by atoms with Crippen molar-refractivity contribution >= 4 is 27.5 Å². The molecule has 0 bridgehead atoms. The molecular formula is C23H27N3O5S. The van der Waals surface area contributed by atoms with Crippen molar-refractivity contribution in [3.8, 4) is 0 Å². The van der Waals surface area contributed by atoms with Gasteiger partial charge in [0.15, 0.2) is 0 Å². The van der Waals surface area contributed by atoms with Crippen molar-refractivity contribution in [3.63, 3.8) is 0 Å². The van der Waals surface area contributed by atoms with Gasteiger partial charge < -0.3 is 15.0 Å². The van der Waals surface area contributed by atoms with E-state index in [-0.39, 0.29) is 29.7 Å². The Hall–Kier alpha value is -2.75. The van der Waals surface area contributed by atoms with Crippen LogP contribution < -0.4 is 10.2 Å². The molecule has 2 aliphatic heterocycles. The van der Waals surface area contributed by atoms with E-state index in [1.165, 1.54) is 4.31 Å². The molecule has 0 unspecified atom stereocenters. The summed E-state index contributed by atoms with van der Waals surface area (Å²) >= 11 is 0. The third-order valence-corrected chi connectivity index (χ3v) is 7.75. The number of rotatable bonds is 6. The number of carbonyl (C=O) groups excluding carboxylic acids is 2. The SMILES string of the molecule is Cc1ccc(N2C[C@H](C(=O)NCc3ccc(S(=O)(=O)N4CCOCC4)cc3)CC2=O)cc1. The van der Waals surface area contributed by atoms with Gasteiger partial charge in [0.05, 0.1) is 24.0 Å². The summed E-state index contributed by atoms with van der Waals surface area (Å²) in [5.74, 6) is -0.658. The molecule has 0 saturated carbocycles. The zero-order valence-electron chi connectivity index (χ0n) is 18.0. The van der Waals surface area contributed by atoms with Crippen LogP contribution in [0.2, 0.25) is 0 Å². The van der Waals surface area contributed by atoms with Gasteiger partial charge in [0.2, 0.25) is 21.8 Å². The van der Waals surface area contributed by atoms with Gasteiger partial charge in [-0.3, -0.25) is 9.59 Å². The Labute approximate surface area is 188 Å². The van der Waals surface area contributed by atoms with E-state index >= 15 is 0 Å². The van der Waals surface area contributed by atoms with Gasteiger partial charge >= 0.3 is 0 Å². The number of sulfonamides is 1. The third kappa shape index (κ3) is 4.85. The number of amides is 2. The number of aryl methyl sites for hydroxylation is 1. The average Bonchev–Trinajstić information content (AvgIpc) is 3.20. The lowest BCUT2D eigenvalue weighted by atomic mass is 10.1. The van der Waals surface area contributed by atoms with Crippen molar-refractivity contribution in [2.45, 2.75) is 24.8 Å². The van der Waals surface area contributed by atoms with Gasteiger partial charge in [0, 0.05) is 38.3 Å². The number of anilines is 1. The van der Waals surface area contributed by atoms with Gasteiger partial charge in [-0.1, -0.05) is 29.8 Å². The number of hydrogen-bond donors (Lipinski definition) is 1. The first-order valence-corrected chi connectivity index (χ1v) is 12.1. The minimum atomic E-state index is -3.54. The molecule has 2 fully saturated rings. The molecule has 170 valence electrons. The molecular weight excluding hydrogens is 430 g/mol. The Balaban J connectivity index is 1.33. The maximum absolute atomic E-state index is 12.7. The third-order valence-electron chi connectivity index (χ3n) is 5.84. The summed E-state index contributed by atoms with van der Waals surface area (Å²) in [5.41, 5.74) is 2.70. The Kier molecular flexibility index (Phi) is 6.59. The highest BCUT2D eigenvalue weighted by molar-refractivity contribution is 7.89. The second-order valence-electron chi connectivity index (χ2n) is 8.12. The van der Waals surface area contributed by atoms with Crippen LogP contribution in [0.4, 0.5) is 5.69 Å². The van der Waals surface area contributed by atoms with Crippen LogP contribution in [0.5, 0.6) is 0 Å². The van der Waals surface area contributed by atoms with E-state index in [0.717, 1.165) is 16.8 Å². The number of carbonyl (C=O) groups is 2. The summed E-state index contributed by atoms with van der Waals surface area (Å²) < 4.78 is 32.0. The predicted octanol–water partition coefficient (Wildman–Crippen LogP) is 1.69. The summed E-state index contributed by atoms with van der Waals surface area (Å²) in [5, 5.41) is 2.87. The molecule has 0 radical (unpaired) electrons. The van der Waals surface area contributed by atoms with Crippen LogP contribution in [-0.4, -0.2) is 57.4 Å². The Bertz CT molecular complexity index is 1080. The fourth-order valence-corrected chi connectivity index (χ4v) is 5.31. The van der Waals surface area contributed by atoms with Crippen LogP contribution in [0.15, 0.2) is 53.4 Å². The number of benzene rings is 2. The van der Waals surface area contributed by atoms with Crippen molar-refractivity contribution in [1.82, 2.24) is 9.62 Å². The van der Waals surface area contributed by atoms with E-state index in [1.807, 2.05) is 31.2 Å². The average molecular weight is 458 g/mol. The van der Waals surface area contributed by atoms with E-state index in [9.17, 15) is 18.0 Å². The molecule has 2 aliphatic rings. The molecule has 8 nitrogen and oxygen atoms in total. The number of nitrogens with one attached hydrogen (secondary N) is 1. The minimum absolute atomic E-state index is 0.0633. The normalized spacial score (nSPS) is 19.8. The summed E-state index contributed by atoms with van der Waals surface area (Å²) in [4.78, 5) is 26.9. The van der Waals surface area contributed by atoms with Gasteiger partial charge in [-0.2, -0.15) is 4.31 Å². The predicted molar refractivity (Wildman–Crippen MR) is 120 cm³/mol. The lowest BCUT2D eigenvalue weighted by Gasteiger charge is -2.26. The van der Waals surface area contributed by atoms with E-state index < -0.39 is 15.9 Å². The molecule has 0 aliphatic carbocycles. The summed E-state index contributed by atoms with van der Waals surface area (Å²) in [7, 11) is -3.54. The summed E-state index contributed by atoms with van der Waals surface area (Å²) in [6, 6.07) is 14.2. The van der Waals surface area contributed by atoms with Crippen molar-refractivity contribution in [2.24, 2.45) is 5.92 Å². The standard InChI is InChI=1S/C23H27N3O5S/c1-17-2-6-20(7-3-17)26-16-19(14-22(26)27)23(28)24-15-18-4-8-21(9-5-18)32(29,30)25-10-12-31-13-11-25/h2-9,19H,10-16H2,1H3,(H,24,28)/t19-/m1/s1. The van der Waals surface area contributed by atoms with E-state index in [1.54, 1.807) is 29.2 Å². The second-order valence-corrected chi connectivity index (χ2v) is 10.1. The van der Waals surface area contributed by atoms with Crippen LogP contribution in [-0.2, 0) is 30.9 Å². The van der Waals surface area contributed by atoms with E-state index in [2.05, 4.69) is 5.32 Å². The number of ether oxygens (including phenoxy) is 1. The zero-order valence-corrected chi connectivity index (χ0v) is 18.8. The fraction of sp³-hybridized carbons (Fsp3) is 0.391. The highest BCUT2D eigenvalue weighted by Gasteiger charge is 2.35. The molecule has 2 saturated heterocycles. The van der Waals surface area contributed by atoms with Gasteiger partial charge in [-0.15, -0.1) is 0 Å². The molecule has 2 heterocycles. The molecule has 0 aromatic heterocycles. The Morgan fingerprint density at radius 3 is 2.38 bits per heavy atom. The highest BCUT2D eigenvalue weighted by atomic mass is 32.2.